The molecule has 0 radical (unpaired) electrons. The Kier molecular flexibility index (Phi) is 6.82. The minimum atomic E-state index is -4.01. The van der Waals surface area contributed by atoms with Crippen LogP contribution < -0.4 is 18.9 Å². The molecule has 160 valence electrons. The molecule has 0 aromatic heterocycles. The molecule has 0 aliphatic rings. The van der Waals surface area contributed by atoms with Crippen molar-refractivity contribution in [3.05, 3.63) is 41.5 Å². The molecule has 0 saturated heterocycles. The lowest BCUT2D eigenvalue weighted by atomic mass is 10.1. The number of hydrogen-bond donors (Lipinski definition) is 2. The molecule has 0 heterocycles. The fraction of sp³-hybridized carbons (Fsp3) is 0.368. The predicted octanol–water partition coefficient (Wildman–Crippen LogP) is 2.81. The lowest BCUT2D eigenvalue weighted by Gasteiger charge is -2.16. The first-order valence-corrected chi connectivity index (χ1v) is 11.8. The molecule has 8 nitrogen and oxygen atoms in total. The number of rotatable bonds is 8. The summed E-state index contributed by atoms with van der Waals surface area (Å²) in [6.07, 6.45) is 0. The van der Waals surface area contributed by atoms with Crippen molar-refractivity contribution < 1.29 is 26.3 Å². The summed E-state index contributed by atoms with van der Waals surface area (Å²) in [6.45, 7) is 6.78. The van der Waals surface area contributed by atoms with Crippen LogP contribution in [0.4, 0.5) is 5.69 Å². The van der Waals surface area contributed by atoms with Crippen LogP contribution in [0.2, 0.25) is 0 Å². The van der Waals surface area contributed by atoms with Gasteiger partial charge in [-0.15, -0.1) is 0 Å². The van der Waals surface area contributed by atoms with Gasteiger partial charge in [-0.1, -0.05) is 0 Å². The van der Waals surface area contributed by atoms with Crippen LogP contribution >= 0.6 is 0 Å². The predicted molar refractivity (Wildman–Crippen MR) is 112 cm³/mol. The second-order valence-electron chi connectivity index (χ2n) is 6.83. The standard InChI is InChI=1S/C19H26N2O6S2/c1-12(2)20-28(22,23)15-7-8-17(26-5)16(11-15)21-29(24,25)19-10-13(3)18(27-6)9-14(19)4/h7-12,20-21H,1-6H3. The zero-order valence-electron chi connectivity index (χ0n) is 17.2. The number of ether oxygens (including phenoxy) is 2. The zero-order valence-corrected chi connectivity index (χ0v) is 18.9. The third kappa shape index (κ3) is 5.20. The molecular weight excluding hydrogens is 416 g/mol. The number of aryl methyl sites for hydroxylation is 2. The van der Waals surface area contributed by atoms with Crippen LogP contribution in [-0.2, 0) is 20.0 Å². The molecule has 0 aliphatic carbocycles. The lowest BCUT2D eigenvalue weighted by Crippen LogP contribution is -2.30. The van der Waals surface area contributed by atoms with Gasteiger partial charge in [0.05, 0.1) is 29.7 Å². The zero-order chi connectivity index (χ0) is 22.0. The van der Waals surface area contributed by atoms with E-state index >= 15 is 0 Å². The topological polar surface area (TPSA) is 111 Å². The summed E-state index contributed by atoms with van der Waals surface area (Å²) in [5, 5.41) is 0. The van der Waals surface area contributed by atoms with E-state index in [-0.39, 0.29) is 27.3 Å². The number of benzene rings is 2. The van der Waals surface area contributed by atoms with E-state index in [1.54, 1.807) is 33.8 Å². The lowest BCUT2D eigenvalue weighted by molar-refractivity contribution is 0.411. The molecule has 0 saturated carbocycles. The molecule has 10 heteroatoms. The van der Waals surface area contributed by atoms with Gasteiger partial charge >= 0.3 is 0 Å². The molecule has 0 spiro atoms. The molecule has 2 N–H and O–H groups in total. The summed E-state index contributed by atoms with van der Waals surface area (Å²) in [6, 6.07) is 6.81. The summed E-state index contributed by atoms with van der Waals surface area (Å²) in [7, 11) is -4.94. The van der Waals surface area contributed by atoms with Crippen molar-refractivity contribution in [3.63, 3.8) is 0 Å². The number of hydrogen-bond acceptors (Lipinski definition) is 6. The molecule has 2 aromatic rings. The number of methoxy groups -OCH3 is 2. The van der Waals surface area contributed by atoms with Crippen LogP contribution in [0.3, 0.4) is 0 Å². The third-order valence-corrected chi connectivity index (χ3v) is 7.26. The summed E-state index contributed by atoms with van der Waals surface area (Å²) in [5.74, 6) is 0.770. The Labute approximate surface area is 172 Å². The molecule has 0 fully saturated rings. The van der Waals surface area contributed by atoms with Gasteiger partial charge < -0.3 is 9.47 Å². The molecule has 0 unspecified atom stereocenters. The van der Waals surface area contributed by atoms with Crippen LogP contribution in [0.5, 0.6) is 11.5 Å². The van der Waals surface area contributed by atoms with Crippen molar-refractivity contribution in [2.45, 2.75) is 43.5 Å². The molecule has 0 aliphatic heterocycles. The van der Waals surface area contributed by atoms with E-state index in [0.717, 1.165) is 0 Å². The smallest absolute Gasteiger partial charge is 0.262 e. The summed E-state index contributed by atoms with van der Waals surface area (Å²) < 4.78 is 66.3. The summed E-state index contributed by atoms with van der Waals surface area (Å²) in [5.41, 5.74) is 1.17. The van der Waals surface area contributed by atoms with Crippen LogP contribution in [0.25, 0.3) is 0 Å². The summed E-state index contributed by atoms with van der Waals surface area (Å²) >= 11 is 0. The first-order valence-electron chi connectivity index (χ1n) is 8.79. The Hall–Kier alpha value is -2.30. The Morgan fingerprint density at radius 2 is 1.45 bits per heavy atom. The van der Waals surface area contributed by atoms with Crippen molar-refractivity contribution in [1.29, 1.82) is 0 Å². The average molecular weight is 443 g/mol. The first-order chi connectivity index (χ1) is 13.4. The van der Waals surface area contributed by atoms with Gasteiger partial charge in [-0.2, -0.15) is 0 Å². The highest BCUT2D eigenvalue weighted by Gasteiger charge is 2.23. The second-order valence-corrected chi connectivity index (χ2v) is 10.2. The van der Waals surface area contributed by atoms with E-state index in [2.05, 4.69) is 9.44 Å². The molecule has 0 bridgehead atoms. The Balaban J connectivity index is 2.52. The Morgan fingerprint density at radius 3 is 2.00 bits per heavy atom. The van der Waals surface area contributed by atoms with E-state index in [0.29, 0.717) is 16.9 Å². The number of sulfonamides is 2. The van der Waals surface area contributed by atoms with Crippen molar-refractivity contribution in [2.75, 3.05) is 18.9 Å². The Bertz CT molecular complexity index is 1110. The molecule has 2 rings (SSSR count). The van der Waals surface area contributed by atoms with E-state index in [4.69, 9.17) is 9.47 Å². The van der Waals surface area contributed by atoms with Gasteiger partial charge in [-0.05, 0) is 69.2 Å². The van der Waals surface area contributed by atoms with Crippen molar-refractivity contribution in [2.24, 2.45) is 0 Å². The monoisotopic (exact) mass is 442 g/mol. The van der Waals surface area contributed by atoms with E-state index in [9.17, 15) is 16.8 Å². The normalized spacial score (nSPS) is 12.1. The highest BCUT2D eigenvalue weighted by molar-refractivity contribution is 7.92. The molecule has 29 heavy (non-hydrogen) atoms. The van der Waals surface area contributed by atoms with Gasteiger partial charge in [-0.3, -0.25) is 4.72 Å². The van der Waals surface area contributed by atoms with E-state index in [1.165, 1.54) is 38.5 Å². The maximum absolute atomic E-state index is 13.0. The highest BCUT2D eigenvalue weighted by atomic mass is 32.2. The van der Waals surface area contributed by atoms with E-state index < -0.39 is 20.0 Å². The average Bonchev–Trinajstić information content (AvgIpc) is 2.61. The highest BCUT2D eigenvalue weighted by Crippen LogP contribution is 2.32. The van der Waals surface area contributed by atoms with Crippen LogP contribution in [0.15, 0.2) is 40.1 Å². The van der Waals surface area contributed by atoms with Gasteiger partial charge in [0.2, 0.25) is 10.0 Å². The van der Waals surface area contributed by atoms with Gasteiger partial charge in [0.1, 0.15) is 11.5 Å². The molecule has 0 atom stereocenters. The van der Waals surface area contributed by atoms with Gasteiger partial charge in [0.25, 0.3) is 10.0 Å². The maximum atomic E-state index is 13.0. The van der Waals surface area contributed by atoms with Crippen LogP contribution in [0.1, 0.15) is 25.0 Å². The van der Waals surface area contributed by atoms with Crippen LogP contribution in [-0.4, -0.2) is 37.1 Å². The van der Waals surface area contributed by atoms with Gasteiger partial charge in [-0.25, -0.2) is 21.6 Å². The SMILES string of the molecule is COc1cc(C)c(S(=O)(=O)Nc2cc(S(=O)(=O)NC(C)C)ccc2OC)cc1C. The second kappa shape index (κ2) is 8.60. The maximum Gasteiger partial charge on any atom is 0.262 e. The van der Waals surface area contributed by atoms with Crippen molar-refractivity contribution >= 4 is 25.7 Å². The quantitative estimate of drug-likeness (QED) is 0.650. The number of nitrogens with one attached hydrogen (secondary N) is 2. The van der Waals surface area contributed by atoms with Gasteiger partial charge in [0.15, 0.2) is 0 Å². The third-order valence-electron chi connectivity index (χ3n) is 4.10. The largest absolute Gasteiger partial charge is 0.496 e. The fourth-order valence-corrected chi connectivity index (χ4v) is 5.44. The molecule has 0 amide bonds. The number of anilines is 1. The fourth-order valence-electron chi connectivity index (χ4n) is 2.78. The first kappa shape index (κ1) is 23.0. The van der Waals surface area contributed by atoms with Gasteiger partial charge in [0, 0.05) is 6.04 Å². The van der Waals surface area contributed by atoms with Crippen molar-refractivity contribution in [1.82, 2.24) is 4.72 Å². The van der Waals surface area contributed by atoms with Crippen LogP contribution in [0, 0.1) is 13.8 Å². The molecule has 2 aromatic carbocycles. The summed E-state index contributed by atoms with van der Waals surface area (Å²) in [4.78, 5) is -0.0150. The minimum absolute atomic E-state index is 0.0204. The Morgan fingerprint density at radius 1 is 0.828 bits per heavy atom. The molecular formula is C19H26N2O6S2. The van der Waals surface area contributed by atoms with E-state index in [1.807, 2.05) is 0 Å². The minimum Gasteiger partial charge on any atom is -0.496 e. The van der Waals surface area contributed by atoms with Crippen molar-refractivity contribution in [3.8, 4) is 11.5 Å².